The SMILES string of the molecule is NCCCCCn1ccc2ccccc2c1=O. The Bertz CT molecular complexity index is 545. The maximum Gasteiger partial charge on any atom is 0.258 e. The molecule has 2 aromatic rings. The Morgan fingerprint density at radius 1 is 1.06 bits per heavy atom. The van der Waals surface area contributed by atoms with Gasteiger partial charge in [0.25, 0.3) is 5.56 Å². The van der Waals surface area contributed by atoms with E-state index < -0.39 is 0 Å². The number of rotatable bonds is 5. The normalized spacial score (nSPS) is 10.9. The number of pyridine rings is 1. The highest BCUT2D eigenvalue weighted by Gasteiger charge is 2.01. The first-order chi connectivity index (χ1) is 8.33. The molecule has 0 unspecified atom stereocenters. The lowest BCUT2D eigenvalue weighted by molar-refractivity contribution is 0.581. The van der Waals surface area contributed by atoms with E-state index in [1.807, 2.05) is 36.5 Å². The summed E-state index contributed by atoms with van der Waals surface area (Å²) in [6.07, 6.45) is 5.00. The summed E-state index contributed by atoms with van der Waals surface area (Å²) in [4.78, 5) is 12.1. The summed E-state index contributed by atoms with van der Waals surface area (Å²) in [7, 11) is 0. The van der Waals surface area contributed by atoms with Crippen LogP contribution in [0.4, 0.5) is 0 Å². The maximum atomic E-state index is 12.1. The summed E-state index contributed by atoms with van der Waals surface area (Å²) in [5.74, 6) is 0. The zero-order valence-corrected chi connectivity index (χ0v) is 9.93. The number of unbranched alkanes of at least 4 members (excludes halogenated alkanes) is 2. The molecule has 1 aromatic heterocycles. The highest BCUT2D eigenvalue weighted by molar-refractivity contribution is 5.81. The van der Waals surface area contributed by atoms with E-state index in [0.717, 1.165) is 43.1 Å². The number of hydrogen-bond donors (Lipinski definition) is 1. The molecular formula is C14H18N2O. The fourth-order valence-electron chi connectivity index (χ4n) is 2.01. The number of nitrogens with two attached hydrogens (primary N) is 1. The van der Waals surface area contributed by atoms with Gasteiger partial charge >= 0.3 is 0 Å². The van der Waals surface area contributed by atoms with Crippen LogP contribution in [0.25, 0.3) is 10.8 Å². The minimum absolute atomic E-state index is 0.107. The molecule has 0 atom stereocenters. The maximum absolute atomic E-state index is 12.1. The monoisotopic (exact) mass is 230 g/mol. The molecule has 17 heavy (non-hydrogen) atoms. The lowest BCUT2D eigenvalue weighted by Crippen LogP contribution is -2.19. The van der Waals surface area contributed by atoms with Crippen molar-refractivity contribution in [3.63, 3.8) is 0 Å². The van der Waals surface area contributed by atoms with Crippen LogP contribution < -0.4 is 11.3 Å². The first kappa shape index (κ1) is 11.9. The molecule has 0 spiro atoms. The standard InChI is InChI=1S/C14H18N2O/c15-9-4-1-5-10-16-11-8-12-6-2-3-7-13(12)14(16)17/h2-3,6-8,11H,1,4-5,9-10,15H2. The summed E-state index contributed by atoms with van der Waals surface area (Å²) in [6, 6.07) is 9.71. The van der Waals surface area contributed by atoms with Crippen LogP contribution in [0.5, 0.6) is 0 Å². The van der Waals surface area contributed by atoms with Gasteiger partial charge in [0, 0.05) is 18.1 Å². The highest BCUT2D eigenvalue weighted by atomic mass is 16.1. The van der Waals surface area contributed by atoms with Crippen LogP contribution in [0.2, 0.25) is 0 Å². The molecule has 3 heteroatoms. The van der Waals surface area contributed by atoms with E-state index >= 15 is 0 Å². The van der Waals surface area contributed by atoms with Crippen LogP contribution in [-0.4, -0.2) is 11.1 Å². The average molecular weight is 230 g/mol. The number of aryl methyl sites for hydroxylation is 1. The van der Waals surface area contributed by atoms with Gasteiger partial charge in [-0.2, -0.15) is 0 Å². The second-order valence-electron chi connectivity index (χ2n) is 4.25. The molecule has 0 saturated heterocycles. The van der Waals surface area contributed by atoms with Crippen LogP contribution in [0.1, 0.15) is 19.3 Å². The molecular weight excluding hydrogens is 212 g/mol. The fraction of sp³-hybridized carbons (Fsp3) is 0.357. The Morgan fingerprint density at radius 3 is 2.71 bits per heavy atom. The van der Waals surface area contributed by atoms with Crippen LogP contribution >= 0.6 is 0 Å². The molecule has 2 N–H and O–H groups in total. The largest absolute Gasteiger partial charge is 0.330 e. The molecule has 3 nitrogen and oxygen atoms in total. The topological polar surface area (TPSA) is 48.0 Å². The second-order valence-corrected chi connectivity index (χ2v) is 4.25. The number of nitrogens with zero attached hydrogens (tertiary/aromatic N) is 1. The number of hydrogen-bond acceptors (Lipinski definition) is 2. The molecule has 1 aromatic carbocycles. The van der Waals surface area contributed by atoms with Gasteiger partial charge in [-0.1, -0.05) is 24.6 Å². The van der Waals surface area contributed by atoms with Crippen LogP contribution in [0.3, 0.4) is 0 Å². The van der Waals surface area contributed by atoms with E-state index in [0.29, 0.717) is 0 Å². The molecule has 0 bridgehead atoms. The van der Waals surface area contributed by atoms with Crippen molar-refractivity contribution < 1.29 is 0 Å². The minimum Gasteiger partial charge on any atom is -0.330 e. The molecule has 0 aliphatic heterocycles. The van der Waals surface area contributed by atoms with Crippen molar-refractivity contribution in [2.24, 2.45) is 5.73 Å². The smallest absolute Gasteiger partial charge is 0.258 e. The first-order valence-electron chi connectivity index (χ1n) is 6.11. The summed E-state index contributed by atoms with van der Waals surface area (Å²) < 4.78 is 1.79. The van der Waals surface area contributed by atoms with Gasteiger partial charge in [-0.15, -0.1) is 0 Å². The van der Waals surface area contributed by atoms with Gasteiger partial charge in [0.05, 0.1) is 0 Å². The van der Waals surface area contributed by atoms with Gasteiger partial charge in [-0.05, 0) is 36.9 Å². The number of benzene rings is 1. The van der Waals surface area contributed by atoms with Crippen molar-refractivity contribution in [2.45, 2.75) is 25.8 Å². The third-order valence-electron chi connectivity index (χ3n) is 2.99. The van der Waals surface area contributed by atoms with Crippen molar-refractivity contribution in [2.75, 3.05) is 6.54 Å². The zero-order valence-electron chi connectivity index (χ0n) is 9.93. The number of fused-ring (bicyclic) bond motifs is 1. The van der Waals surface area contributed by atoms with Gasteiger partial charge in [0.2, 0.25) is 0 Å². The second kappa shape index (κ2) is 5.64. The van der Waals surface area contributed by atoms with Crippen LogP contribution in [0, 0.1) is 0 Å². The van der Waals surface area contributed by atoms with Crippen molar-refractivity contribution in [1.29, 1.82) is 0 Å². The third-order valence-corrected chi connectivity index (χ3v) is 2.99. The minimum atomic E-state index is 0.107. The van der Waals surface area contributed by atoms with Crippen molar-refractivity contribution in [3.8, 4) is 0 Å². The molecule has 90 valence electrons. The molecule has 2 rings (SSSR count). The van der Waals surface area contributed by atoms with Gasteiger partial charge < -0.3 is 10.3 Å². The van der Waals surface area contributed by atoms with E-state index in [-0.39, 0.29) is 5.56 Å². The van der Waals surface area contributed by atoms with Crippen molar-refractivity contribution >= 4 is 10.8 Å². The average Bonchev–Trinajstić information content (AvgIpc) is 2.37. The predicted molar refractivity (Wildman–Crippen MR) is 71.1 cm³/mol. The van der Waals surface area contributed by atoms with E-state index in [1.54, 1.807) is 4.57 Å². The zero-order chi connectivity index (χ0) is 12.1. The first-order valence-corrected chi connectivity index (χ1v) is 6.11. The Kier molecular flexibility index (Phi) is 3.94. The lowest BCUT2D eigenvalue weighted by atomic mass is 10.1. The van der Waals surface area contributed by atoms with Gasteiger partial charge in [0.15, 0.2) is 0 Å². The summed E-state index contributed by atoms with van der Waals surface area (Å²) in [5, 5.41) is 1.81. The van der Waals surface area contributed by atoms with Crippen molar-refractivity contribution in [3.05, 3.63) is 46.9 Å². The Labute approximate surface area is 101 Å². The van der Waals surface area contributed by atoms with E-state index in [2.05, 4.69) is 0 Å². The Morgan fingerprint density at radius 2 is 1.88 bits per heavy atom. The molecule has 0 aliphatic rings. The molecule has 1 heterocycles. The quantitative estimate of drug-likeness (QED) is 0.800. The Hall–Kier alpha value is -1.61. The Balaban J connectivity index is 2.18. The van der Waals surface area contributed by atoms with E-state index in [4.69, 9.17) is 5.73 Å². The third kappa shape index (κ3) is 2.74. The van der Waals surface area contributed by atoms with E-state index in [9.17, 15) is 4.79 Å². The molecule has 0 saturated carbocycles. The summed E-state index contributed by atoms with van der Waals surface area (Å²) in [5.41, 5.74) is 5.55. The van der Waals surface area contributed by atoms with Crippen molar-refractivity contribution in [1.82, 2.24) is 4.57 Å². The van der Waals surface area contributed by atoms with Crippen LogP contribution in [-0.2, 0) is 6.54 Å². The molecule has 0 aliphatic carbocycles. The van der Waals surface area contributed by atoms with Gasteiger partial charge in [-0.3, -0.25) is 4.79 Å². The lowest BCUT2D eigenvalue weighted by Gasteiger charge is -2.06. The molecule has 0 fully saturated rings. The fourth-order valence-corrected chi connectivity index (χ4v) is 2.01. The molecule has 0 radical (unpaired) electrons. The molecule has 0 amide bonds. The van der Waals surface area contributed by atoms with Gasteiger partial charge in [0.1, 0.15) is 0 Å². The summed E-state index contributed by atoms with van der Waals surface area (Å²) in [6.45, 7) is 1.51. The van der Waals surface area contributed by atoms with Gasteiger partial charge in [-0.25, -0.2) is 0 Å². The highest BCUT2D eigenvalue weighted by Crippen LogP contribution is 2.08. The summed E-state index contributed by atoms with van der Waals surface area (Å²) >= 11 is 0. The van der Waals surface area contributed by atoms with Crippen LogP contribution in [0.15, 0.2) is 41.3 Å². The predicted octanol–water partition coefficient (Wildman–Crippen LogP) is 2.13. The number of aromatic nitrogens is 1. The van der Waals surface area contributed by atoms with E-state index in [1.165, 1.54) is 0 Å².